The van der Waals surface area contributed by atoms with Gasteiger partial charge in [-0.25, -0.2) is 0 Å². The third-order valence-corrected chi connectivity index (χ3v) is 4.09. The highest BCUT2D eigenvalue weighted by atomic mass is 19.4. The van der Waals surface area contributed by atoms with E-state index in [0.29, 0.717) is 22.5 Å². The zero-order valence-electron chi connectivity index (χ0n) is 14.9. The summed E-state index contributed by atoms with van der Waals surface area (Å²) < 4.78 is 78.3. The minimum absolute atomic E-state index is 0.0974. The minimum atomic E-state index is -4.88. The van der Waals surface area contributed by atoms with Crippen molar-refractivity contribution in [2.24, 2.45) is 4.99 Å². The predicted molar refractivity (Wildman–Crippen MR) is 94.6 cm³/mol. The van der Waals surface area contributed by atoms with Gasteiger partial charge in [0.1, 0.15) is 11.4 Å². The summed E-state index contributed by atoms with van der Waals surface area (Å²) in [4.78, 5) is 3.87. The standard InChI is InChI=1S/C19H14F6N4/c1-26-10-16-17(28-29-27-16)13-4-2-3-11(6-13)5-12-7-14(18(20,21)22)9-15(8-12)19(23,24)25/h2-4,6-10H,5H2,1H3,(H,27,28,29)/b26-10+. The maximum atomic E-state index is 13.0. The van der Waals surface area contributed by atoms with E-state index in [4.69, 9.17) is 0 Å². The van der Waals surface area contributed by atoms with Gasteiger partial charge in [0.05, 0.1) is 11.1 Å². The molecule has 10 heteroatoms. The summed E-state index contributed by atoms with van der Waals surface area (Å²) >= 11 is 0. The van der Waals surface area contributed by atoms with Gasteiger partial charge < -0.3 is 0 Å². The van der Waals surface area contributed by atoms with Gasteiger partial charge in [-0.1, -0.05) is 23.4 Å². The van der Waals surface area contributed by atoms with E-state index in [2.05, 4.69) is 20.4 Å². The molecule has 0 fully saturated rings. The Morgan fingerprint density at radius 3 is 2.17 bits per heavy atom. The van der Waals surface area contributed by atoms with Gasteiger partial charge in [-0.3, -0.25) is 10.1 Å². The van der Waals surface area contributed by atoms with Crippen LogP contribution in [0.5, 0.6) is 0 Å². The van der Waals surface area contributed by atoms with Crippen LogP contribution in [0.15, 0.2) is 47.5 Å². The lowest BCUT2D eigenvalue weighted by Gasteiger charge is -2.14. The summed E-state index contributed by atoms with van der Waals surface area (Å²) in [7, 11) is 1.56. The predicted octanol–water partition coefficient (Wildman–Crippen LogP) is 5.15. The van der Waals surface area contributed by atoms with Gasteiger partial charge in [-0.15, -0.1) is 5.10 Å². The van der Waals surface area contributed by atoms with Crippen LogP contribution in [0.2, 0.25) is 0 Å². The van der Waals surface area contributed by atoms with Crippen LogP contribution in [-0.4, -0.2) is 28.7 Å². The van der Waals surface area contributed by atoms with Crippen molar-refractivity contribution in [1.82, 2.24) is 15.4 Å². The van der Waals surface area contributed by atoms with Crippen molar-refractivity contribution in [1.29, 1.82) is 0 Å². The SMILES string of the molecule is C/N=C/c1[nH]nnc1-c1cccc(Cc2cc(C(F)(F)F)cc(C(F)(F)F)c2)c1. The summed E-state index contributed by atoms with van der Waals surface area (Å²) in [5, 5.41) is 10.3. The number of halogens is 6. The zero-order valence-corrected chi connectivity index (χ0v) is 14.9. The van der Waals surface area contributed by atoms with Crippen LogP contribution in [0.4, 0.5) is 26.3 Å². The minimum Gasteiger partial charge on any atom is -0.294 e. The number of hydrogen-bond donors (Lipinski definition) is 1. The van der Waals surface area contributed by atoms with Crippen molar-refractivity contribution in [3.8, 4) is 11.3 Å². The van der Waals surface area contributed by atoms with E-state index >= 15 is 0 Å². The van der Waals surface area contributed by atoms with Crippen LogP contribution in [0.25, 0.3) is 11.3 Å². The Kier molecular flexibility index (Phi) is 5.45. The Morgan fingerprint density at radius 2 is 1.59 bits per heavy atom. The van der Waals surface area contributed by atoms with Gasteiger partial charge in [-0.2, -0.15) is 26.3 Å². The summed E-state index contributed by atoms with van der Waals surface area (Å²) in [5.41, 5.74) is -0.639. The van der Waals surface area contributed by atoms with E-state index in [1.54, 1.807) is 31.3 Å². The number of nitrogens with zero attached hydrogens (tertiary/aromatic N) is 3. The molecular formula is C19H14F6N4. The first-order chi connectivity index (χ1) is 13.6. The highest BCUT2D eigenvalue weighted by Gasteiger charge is 2.36. The average Bonchev–Trinajstić information content (AvgIpc) is 3.09. The monoisotopic (exact) mass is 412 g/mol. The van der Waals surface area contributed by atoms with Crippen LogP contribution in [-0.2, 0) is 18.8 Å². The third-order valence-electron chi connectivity index (χ3n) is 4.09. The number of aromatic nitrogens is 3. The number of alkyl halides is 6. The van der Waals surface area contributed by atoms with Crippen molar-refractivity contribution in [3.05, 3.63) is 70.4 Å². The number of hydrogen-bond acceptors (Lipinski definition) is 3. The Morgan fingerprint density at radius 1 is 0.931 bits per heavy atom. The molecule has 29 heavy (non-hydrogen) atoms. The number of nitrogens with one attached hydrogen (secondary N) is 1. The van der Waals surface area contributed by atoms with Crippen LogP contribution in [0, 0.1) is 0 Å². The second kappa shape index (κ2) is 7.69. The number of benzene rings is 2. The topological polar surface area (TPSA) is 53.9 Å². The van der Waals surface area contributed by atoms with E-state index in [1.807, 2.05) is 0 Å². The molecular weight excluding hydrogens is 398 g/mol. The smallest absolute Gasteiger partial charge is 0.294 e. The van der Waals surface area contributed by atoms with Gasteiger partial charge in [0.15, 0.2) is 0 Å². The molecule has 1 heterocycles. The molecule has 0 aliphatic carbocycles. The van der Waals surface area contributed by atoms with Crippen LogP contribution < -0.4 is 0 Å². The molecule has 1 aromatic heterocycles. The highest BCUT2D eigenvalue weighted by molar-refractivity contribution is 5.86. The van der Waals surface area contributed by atoms with E-state index in [0.717, 1.165) is 12.1 Å². The van der Waals surface area contributed by atoms with Crippen LogP contribution in [0.1, 0.15) is 27.9 Å². The average molecular weight is 412 g/mol. The summed E-state index contributed by atoms with van der Waals surface area (Å²) in [6.45, 7) is 0. The normalized spacial score (nSPS) is 12.7. The Balaban J connectivity index is 1.99. The molecule has 0 atom stereocenters. The maximum absolute atomic E-state index is 13.0. The number of rotatable bonds is 4. The van der Waals surface area contributed by atoms with Crippen molar-refractivity contribution >= 4 is 6.21 Å². The molecule has 0 aliphatic rings. The zero-order chi connectivity index (χ0) is 21.2. The number of aliphatic imine (C=N–C) groups is 1. The fourth-order valence-electron chi connectivity index (χ4n) is 2.85. The molecule has 0 amide bonds. The largest absolute Gasteiger partial charge is 0.416 e. The number of aromatic amines is 1. The molecule has 0 spiro atoms. The van der Waals surface area contributed by atoms with E-state index in [1.165, 1.54) is 6.21 Å². The second-order valence-electron chi connectivity index (χ2n) is 6.25. The van der Waals surface area contributed by atoms with Gasteiger partial charge in [-0.05, 0) is 41.8 Å². The molecule has 1 N–H and O–H groups in total. The summed E-state index contributed by atoms with van der Waals surface area (Å²) in [6.07, 6.45) is -8.37. The number of H-pyrrole nitrogens is 1. The second-order valence-corrected chi connectivity index (χ2v) is 6.25. The van der Waals surface area contributed by atoms with E-state index in [9.17, 15) is 26.3 Å². The van der Waals surface area contributed by atoms with Crippen molar-refractivity contribution in [3.63, 3.8) is 0 Å². The van der Waals surface area contributed by atoms with Crippen molar-refractivity contribution in [2.45, 2.75) is 18.8 Å². The van der Waals surface area contributed by atoms with Crippen LogP contribution >= 0.6 is 0 Å². The molecule has 0 saturated carbocycles. The maximum Gasteiger partial charge on any atom is 0.416 e. The highest BCUT2D eigenvalue weighted by Crippen LogP contribution is 2.36. The lowest BCUT2D eigenvalue weighted by atomic mass is 9.97. The molecule has 0 unspecified atom stereocenters. The lowest BCUT2D eigenvalue weighted by Crippen LogP contribution is -2.12. The van der Waals surface area contributed by atoms with Crippen molar-refractivity contribution < 1.29 is 26.3 Å². The quantitative estimate of drug-likeness (QED) is 0.476. The molecule has 3 rings (SSSR count). The first-order valence-corrected chi connectivity index (χ1v) is 8.29. The molecule has 0 radical (unpaired) electrons. The van der Waals surface area contributed by atoms with Gasteiger partial charge >= 0.3 is 12.4 Å². The Labute approximate surface area is 161 Å². The molecule has 2 aromatic carbocycles. The van der Waals surface area contributed by atoms with Gasteiger partial charge in [0, 0.05) is 18.8 Å². The summed E-state index contributed by atoms with van der Waals surface area (Å²) in [5.74, 6) is 0. The molecule has 4 nitrogen and oxygen atoms in total. The molecule has 0 saturated heterocycles. The molecule has 0 bridgehead atoms. The summed E-state index contributed by atoms with van der Waals surface area (Å²) in [6, 6.07) is 8.18. The van der Waals surface area contributed by atoms with Gasteiger partial charge in [0.2, 0.25) is 0 Å². The Hall–Kier alpha value is -3.17. The molecule has 0 aliphatic heterocycles. The Bertz CT molecular complexity index is 1000. The van der Waals surface area contributed by atoms with E-state index in [-0.39, 0.29) is 18.1 Å². The molecule has 152 valence electrons. The third kappa shape index (κ3) is 4.82. The first-order valence-electron chi connectivity index (χ1n) is 8.29. The fraction of sp³-hybridized carbons (Fsp3) is 0.211. The van der Waals surface area contributed by atoms with Gasteiger partial charge in [0.25, 0.3) is 0 Å². The van der Waals surface area contributed by atoms with Crippen LogP contribution in [0.3, 0.4) is 0 Å². The van der Waals surface area contributed by atoms with E-state index < -0.39 is 23.5 Å². The van der Waals surface area contributed by atoms with Crippen molar-refractivity contribution in [2.75, 3.05) is 7.05 Å². The fourth-order valence-corrected chi connectivity index (χ4v) is 2.85. The first kappa shape index (κ1) is 20.6. The molecule has 3 aromatic rings. The lowest BCUT2D eigenvalue weighted by molar-refractivity contribution is -0.143.